The summed E-state index contributed by atoms with van der Waals surface area (Å²) in [5.41, 5.74) is 0.239. The molecule has 0 spiro atoms. The van der Waals surface area contributed by atoms with Crippen LogP contribution in [0.2, 0.25) is 0 Å². The number of nitrogens with zero attached hydrogens (tertiary/aromatic N) is 3. The molecule has 0 unspecified atom stereocenters. The molecule has 1 aliphatic rings. The van der Waals surface area contributed by atoms with Gasteiger partial charge in [0.15, 0.2) is 0 Å². The summed E-state index contributed by atoms with van der Waals surface area (Å²) >= 11 is 0. The van der Waals surface area contributed by atoms with Crippen molar-refractivity contribution in [2.75, 3.05) is 0 Å². The van der Waals surface area contributed by atoms with E-state index in [0.717, 1.165) is 18.1 Å². The van der Waals surface area contributed by atoms with Crippen LogP contribution in [0.5, 0.6) is 0 Å². The maximum atomic E-state index is 4.10. The highest BCUT2D eigenvalue weighted by Crippen LogP contribution is 2.30. The van der Waals surface area contributed by atoms with Crippen molar-refractivity contribution >= 4 is 0 Å². The van der Waals surface area contributed by atoms with E-state index in [1.54, 1.807) is 0 Å². The molecule has 1 aromatic rings. The first-order chi connectivity index (χ1) is 5.11. The second-order valence-electron chi connectivity index (χ2n) is 3.81. The Kier molecular flexibility index (Phi) is 1.14. The second kappa shape index (κ2) is 1.84. The largest absolute Gasteiger partial charge is 0.310 e. The van der Waals surface area contributed by atoms with Gasteiger partial charge in [-0.1, -0.05) is 0 Å². The molecule has 2 heterocycles. The standard InChI is InChI=1S/C8H13N3/c1-6-9-10-7-4-5-8(2,3)11(6)7/h4-5H2,1-3H3. The topological polar surface area (TPSA) is 30.7 Å². The van der Waals surface area contributed by atoms with Crippen molar-refractivity contribution in [3.05, 3.63) is 11.6 Å². The quantitative estimate of drug-likeness (QED) is 0.559. The van der Waals surface area contributed by atoms with Gasteiger partial charge in [-0.15, -0.1) is 10.2 Å². The SMILES string of the molecule is Cc1nnc2n1C(C)(C)CC2. The van der Waals surface area contributed by atoms with Gasteiger partial charge in [-0.05, 0) is 27.2 Å². The molecule has 11 heavy (non-hydrogen) atoms. The van der Waals surface area contributed by atoms with Gasteiger partial charge in [-0.25, -0.2) is 0 Å². The molecule has 0 aliphatic carbocycles. The molecule has 1 aromatic heterocycles. The first-order valence-electron chi connectivity index (χ1n) is 4.03. The molecular formula is C8H13N3. The fourth-order valence-corrected chi connectivity index (χ4v) is 1.88. The molecule has 0 saturated heterocycles. The average molecular weight is 151 g/mol. The van der Waals surface area contributed by atoms with Crippen LogP contribution in [0.25, 0.3) is 0 Å². The predicted octanol–water partition coefficient (Wildman–Crippen LogP) is 1.27. The van der Waals surface area contributed by atoms with E-state index in [9.17, 15) is 0 Å². The maximum absolute atomic E-state index is 4.10. The minimum atomic E-state index is 0.239. The van der Waals surface area contributed by atoms with E-state index in [1.807, 2.05) is 6.92 Å². The van der Waals surface area contributed by atoms with E-state index in [4.69, 9.17) is 0 Å². The van der Waals surface area contributed by atoms with Crippen molar-refractivity contribution < 1.29 is 0 Å². The van der Waals surface area contributed by atoms with E-state index < -0.39 is 0 Å². The van der Waals surface area contributed by atoms with Crippen LogP contribution in [0.4, 0.5) is 0 Å². The molecular weight excluding hydrogens is 138 g/mol. The molecule has 0 atom stereocenters. The molecule has 1 aliphatic heterocycles. The monoisotopic (exact) mass is 151 g/mol. The van der Waals surface area contributed by atoms with Crippen LogP contribution in [0.15, 0.2) is 0 Å². The summed E-state index contributed by atoms with van der Waals surface area (Å²) in [6.45, 7) is 6.49. The summed E-state index contributed by atoms with van der Waals surface area (Å²) in [5, 5.41) is 8.15. The Bertz CT molecular complexity index is 286. The van der Waals surface area contributed by atoms with E-state index in [0.29, 0.717) is 0 Å². The van der Waals surface area contributed by atoms with Gasteiger partial charge in [0.2, 0.25) is 0 Å². The Balaban J connectivity index is 2.60. The highest BCUT2D eigenvalue weighted by atomic mass is 15.3. The maximum Gasteiger partial charge on any atom is 0.133 e. The van der Waals surface area contributed by atoms with Crippen LogP contribution in [0.1, 0.15) is 31.9 Å². The van der Waals surface area contributed by atoms with Crippen LogP contribution in [-0.2, 0) is 12.0 Å². The van der Waals surface area contributed by atoms with Crippen molar-refractivity contribution in [3.8, 4) is 0 Å². The first kappa shape index (κ1) is 6.83. The highest BCUT2D eigenvalue weighted by Gasteiger charge is 2.31. The van der Waals surface area contributed by atoms with Crippen LogP contribution >= 0.6 is 0 Å². The second-order valence-corrected chi connectivity index (χ2v) is 3.81. The number of aryl methyl sites for hydroxylation is 2. The Labute approximate surface area is 66.4 Å². The summed E-state index contributed by atoms with van der Waals surface area (Å²) in [5.74, 6) is 2.19. The molecule has 0 bridgehead atoms. The third kappa shape index (κ3) is 0.800. The molecule has 0 amide bonds. The molecule has 0 N–H and O–H groups in total. The Morgan fingerprint density at radius 3 is 2.73 bits per heavy atom. The Hall–Kier alpha value is -0.860. The zero-order chi connectivity index (χ0) is 8.06. The summed E-state index contributed by atoms with van der Waals surface area (Å²) in [4.78, 5) is 0. The van der Waals surface area contributed by atoms with Gasteiger partial charge in [0.25, 0.3) is 0 Å². The van der Waals surface area contributed by atoms with Gasteiger partial charge in [-0.3, -0.25) is 0 Å². The van der Waals surface area contributed by atoms with E-state index in [1.165, 1.54) is 6.42 Å². The molecule has 2 rings (SSSR count). The summed E-state index contributed by atoms with van der Waals surface area (Å²) in [6.07, 6.45) is 2.27. The lowest BCUT2D eigenvalue weighted by molar-refractivity contribution is 0.367. The van der Waals surface area contributed by atoms with Crippen LogP contribution in [0, 0.1) is 6.92 Å². The normalized spacial score (nSPS) is 20.3. The number of aromatic nitrogens is 3. The molecule has 3 nitrogen and oxygen atoms in total. The van der Waals surface area contributed by atoms with Gasteiger partial charge in [0, 0.05) is 12.0 Å². The zero-order valence-electron chi connectivity index (χ0n) is 7.26. The zero-order valence-corrected chi connectivity index (χ0v) is 7.26. The van der Waals surface area contributed by atoms with Crippen molar-refractivity contribution in [3.63, 3.8) is 0 Å². The third-order valence-corrected chi connectivity index (χ3v) is 2.46. The minimum absolute atomic E-state index is 0.239. The Morgan fingerprint density at radius 1 is 1.36 bits per heavy atom. The molecule has 0 fully saturated rings. The molecule has 0 saturated carbocycles. The first-order valence-corrected chi connectivity index (χ1v) is 4.03. The molecule has 0 radical (unpaired) electrons. The van der Waals surface area contributed by atoms with Crippen LogP contribution in [-0.4, -0.2) is 14.8 Å². The lowest BCUT2D eigenvalue weighted by atomic mass is 10.0. The van der Waals surface area contributed by atoms with Gasteiger partial charge in [-0.2, -0.15) is 0 Å². The smallest absolute Gasteiger partial charge is 0.133 e. The lowest BCUT2D eigenvalue weighted by Gasteiger charge is -2.21. The summed E-state index contributed by atoms with van der Waals surface area (Å²) in [6, 6.07) is 0. The highest BCUT2D eigenvalue weighted by molar-refractivity contribution is 5.06. The molecule has 60 valence electrons. The van der Waals surface area contributed by atoms with E-state index in [2.05, 4.69) is 28.6 Å². The number of hydrogen-bond acceptors (Lipinski definition) is 2. The third-order valence-electron chi connectivity index (χ3n) is 2.46. The van der Waals surface area contributed by atoms with E-state index >= 15 is 0 Å². The summed E-state index contributed by atoms with van der Waals surface area (Å²) < 4.78 is 2.24. The predicted molar refractivity (Wildman–Crippen MR) is 42.4 cm³/mol. The molecule has 3 heteroatoms. The van der Waals surface area contributed by atoms with Gasteiger partial charge in [0.1, 0.15) is 11.6 Å². The van der Waals surface area contributed by atoms with Gasteiger partial charge >= 0.3 is 0 Å². The van der Waals surface area contributed by atoms with Gasteiger partial charge in [0.05, 0.1) is 0 Å². The van der Waals surface area contributed by atoms with Gasteiger partial charge < -0.3 is 4.57 Å². The Morgan fingerprint density at radius 2 is 2.09 bits per heavy atom. The fourth-order valence-electron chi connectivity index (χ4n) is 1.88. The van der Waals surface area contributed by atoms with Crippen molar-refractivity contribution in [1.29, 1.82) is 0 Å². The van der Waals surface area contributed by atoms with Crippen LogP contribution in [0.3, 0.4) is 0 Å². The van der Waals surface area contributed by atoms with Crippen LogP contribution < -0.4 is 0 Å². The number of rotatable bonds is 0. The number of hydrogen-bond donors (Lipinski definition) is 0. The van der Waals surface area contributed by atoms with Crippen molar-refractivity contribution in [2.45, 2.75) is 39.2 Å². The number of fused-ring (bicyclic) bond motifs is 1. The fraction of sp³-hybridized carbons (Fsp3) is 0.750. The minimum Gasteiger partial charge on any atom is -0.310 e. The average Bonchev–Trinajstić information content (AvgIpc) is 2.38. The lowest BCUT2D eigenvalue weighted by Crippen LogP contribution is -2.22. The molecule has 0 aromatic carbocycles. The summed E-state index contributed by atoms with van der Waals surface area (Å²) in [7, 11) is 0. The van der Waals surface area contributed by atoms with Crippen molar-refractivity contribution in [1.82, 2.24) is 14.8 Å². The van der Waals surface area contributed by atoms with Crippen molar-refractivity contribution in [2.24, 2.45) is 0 Å². The van der Waals surface area contributed by atoms with E-state index in [-0.39, 0.29) is 5.54 Å².